The maximum Gasteiger partial charge on any atom is 0.239 e. The zero-order valence-corrected chi connectivity index (χ0v) is 11.0. The van der Waals surface area contributed by atoms with Crippen LogP contribution >= 0.6 is 0 Å². The summed E-state index contributed by atoms with van der Waals surface area (Å²) < 4.78 is 0. The van der Waals surface area contributed by atoms with E-state index in [1.54, 1.807) is 0 Å². The molecule has 0 heterocycles. The number of nitrogens with zero attached hydrogens (tertiary/aromatic N) is 1. The third kappa shape index (κ3) is 4.33. The standard InChI is InChI=1S/C11H23NO5/c1-7(2)6-9(8(3)13)11(16,17)12(5)10(4,14)15/h7,9,14-17H,6H2,1-5H3. The van der Waals surface area contributed by atoms with Crippen LogP contribution in [0.3, 0.4) is 0 Å². The molecule has 0 fully saturated rings. The fraction of sp³-hybridized carbons (Fsp3) is 0.909. The van der Waals surface area contributed by atoms with Crippen LogP contribution in [0.1, 0.15) is 34.1 Å². The van der Waals surface area contributed by atoms with Gasteiger partial charge in [0.05, 0.1) is 5.92 Å². The van der Waals surface area contributed by atoms with Crippen molar-refractivity contribution < 1.29 is 25.2 Å². The molecule has 0 bridgehead atoms. The van der Waals surface area contributed by atoms with Gasteiger partial charge in [0.15, 0.2) is 0 Å². The number of hydrogen-bond acceptors (Lipinski definition) is 6. The largest absolute Gasteiger partial charge is 0.353 e. The molecule has 0 rings (SSSR count). The van der Waals surface area contributed by atoms with Crippen LogP contribution in [0.2, 0.25) is 0 Å². The van der Waals surface area contributed by atoms with Crippen molar-refractivity contribution in [3.63, 3.8) is 0 Å². The van der Waals surface area contributed by atoms with Crippen LogP contribution in [0.25, 0.3) is 0 Å². The number of carbonyl (C=O) groups is 1. The summed E-state index contributed by atoms with van der Waals surface area (Å²) in [6, 6.07) is 0. The summed E-state index contributed by atoms with van der Waals surface area (Å²) in [5.74, 6) is -6.48. The Morgan fingerprint density at radius 1 is 1.24 bits per heavy atom. The first kappa shape index (κ1) is 16.5. The topological polar surface area (TPSA) is 101 Å². The average Bonchev–Trinajstić information content (AvgIpc) is 2.10. The van der Waals surface area contributed by atoms with Crippen LogP contribution in [0.4, 0.5) is 0 Å². The average molecular weight is 249 g/mol. The Bertz CT molecular complexity index is 270. The molecule has 0 aliphatic rings. The molecule has 0 spiro atoms. The van der Waals surface area contributed by atoms with E-state index in [2.05, 4.69) is 0 Å². The van der Waals surface area contributed by atoms with Gasteiger partial charge in [-0.05, 0) is 26.3 Å². The molecule has 0 aromatic heterocycles. The summed E-state index contributed by atoms with van der Waals surface area (Å²) in [6.45, 7) is 5.90. The molecule has 6 nitrogen and oxygen atoms in total. The number of carbonyl (C=O) groups excluding carboxylic acids is 1. The van der Waals surface area contributed by atoms with E-state index in [4.69, 9.17) is 0 Å². The summed E-state index contributed by atoms with van der Waals surface area (Å²) >= 11 is 0. The van der Waals surface area contributed by atoms with Gasteiger partial charge >= 0.3 is 0 Å². The molecule has 0 saturated carbocycles. The Balaban J connectivity index is 5.15. The molecule has 0 saturated heterocycles. The van der Waals surface area contributed by atoms with E-state index in [9.17, 15) is 25.2 Å². The molecule has 0 aromatic carbocycles. The minimum Gasteiger partial charge on any atom is -0.353 e. The molecule has 0 amide bonds. The summed E-state index contributed by atoms with van der Waals surface area (Å²) in [5.41, 5.74) is 0. The van der Waals surface area contributed by atoms with Crippen molar-refractivity contribution >= 4 is 5.78 Å². The van der Waals surface area contributed by atoms with Crippen LogP contribution < -0.4 is 0 Å². The lowest BCUT2D eigenvalue weighted by atomic mass is 9.89. The zero-order chi connectivity index (χ0) is 14.0. The summed E-state index contributed by atoms with van der Waals surface area (Å²) in [6.07, 6.45) is 0.239. The maximum absolute atomic E-state index is 11.4. The number of ketones is 1. The number of rotatable bonds is 6. The van der Waals surface area contributed by atoms with Gasteiger partial charge in [-0.1, -0.05) is 13.8 Å². The maximum atomic E-state index is 11.4. The monoisotopic (exact) mass is 249 g/mol. The van der Waals surface area contributed by atoms with Gasteiger partial charge in [0, 0.05) is 6.92 Å². The molecular weight excluding hydrogens is 226 g/mol. The van der Waals surface area contributed by atoms with E-state index in [1.807, 2.05) is 13.8 Å². The molecule has 17 heavy (non-hydrogen) atoms. The summed E-state index contributed by atoms with van der Waals surface area (Å²) in [7, 11) is 1.12. The first-order chi connectivity index (χ1) is 7.40. The molecule has 0 aliphatic carbocycles. The molecule has 0 radical (unpaired) electrons. The van der Waals surface area contributed by atoms with Crippen LogP contribution in [0, 0.1) is 11.8 Å². The number of Topliss-reactive ketones (excluding diaryl/α,β-unsaturated/α-hetero) is 1. The second-order valence-electron chi connectivity index (χ2n) is 5.01. The van der Waals surface area contributed by atoms with Gasteiger partial charge < -0.3 is 20.4 Å². The van der Waals surface area contributed by atoms with E-state index in [-0.39, 0.29) is 12.3 Å². The van der Waals surface area contributed by atoms with Gasteiger partial charge in [-0.2, -0.15) is 0 Å². The molecule has 0 aromatic rings. The van der Waals surface area contributed by atoms with E-state index in [1.165, 1.54) is 6.92 Å². The Labute approximate surface area is 101 Å². The quantitative estimate of drug-likeness (QED) is 0.472. The first-order valence-electron chi connectivity index (χ1n) is 5.54. The third-order valence-corrected chi connectivity index (χ3v) is 2.79. The molecule has 0 aliphatic heterocycles. The zero-order valence-electron chi connectivity index (χ0n) is 11.0. The predicted octanol–water partition coefficient (Wildman–Crippen LogP) is -0.534. The van der Waals surface area contributed by atoms with Gasteiger partial charge in [-0.25, -0.2) is 4.90 Å². The van der Waals surface area contributed by atoms with Crippen LogP contribution in [0.15, 0.2) is 0 Å². The molecular formula is C11H23NO5. The van der Waals surface area contributed by atoms with Gasteiger partial charge in [0.2, 0.25) is 11.8 Å². The first-order valence-corrected chi connectivity index (χ1v) is 5.54. The van der Waals surface area contributed by atoms with Crippen molar-refractivity contribution in [1.82, 2.24) is 4.90 Å². The minimum absolute atomic E-state index is 0.0691. The van der Waals surface area contributed by atoms with Gasteiger partial charge in [-0.3, -0.25) is 4.79 Å². The Kier molecular flexibility index (Phi) is 5.24. The predicted molar refractivity (Wildman–Crippen MR) is 61.4 cm³/mol. The molecule has 1 unspecified atom stereocenters. The fourth-order valence-electron chi connectivity index (χ4n) is 1.61. The molecule has 4 N–H and O–H groups in total. The van der Waals surface area contributed by atoms with Crippen molar-refractivity contribution in [2.24, 2.45) is 11.8 Å². The van der Waals surface area contributed by atoms with E-state index in [0.29, 0.717) is 4.90 Å². The SMILES string of the molecule is CC(=O)C(CC(C)C)C(O)(O)N(C)C(C)(O)O. The van der Waals surface area contributed by atoms with Crippen molar-refractivity contribution in [2.45, 2.75) is 45.9 Å². The normalized spacial score (nSPS) is 15.5. The third-order valence-electron chi connectivity index (χ3n) is 2.79. The highest BCUT2D eigenvalue weighted by Crippen LogP contribution is 2.29. The Morgan fingerprint density at radius 3 is 1.88 bits per heavy atom. The van der Waals surface area contributed by atoms with Crippen molar-refractivity contribution in [1.29, 1.82) is 0 Å². The highest BCUT2D eigenvalue weighted by Gasteiger charge is 2.47. The lowest BCUT2D eigenvalue weighted by Gasteiger charge is -2.42. The molecule has 6 heteroatoms. The van der Waals surface area contributed by atoms with Crippen LogP contribution in [-0.4, -0.2) is 50.0 Å². The van der Waals surface area contributed by atoms with E-state index >= 15 is 0 Å². The molecule has 1 atom stereocenters. The minimum atomic E-state index is -2.60. The highest BCUT2D eigenvalue weighted by molar-refractivity contribution is 5.79. The van der Waals surface area contributed by atoms with E-state index < -0.39 is 23.5 Å². The lowest BCUT2D eigenvalue weighted by Crippen LogP contribution is -2.62. The van der Waals surface area contributed by atoms with Crippen molar-refractivity contribution in [3.05, 3.63) is 0 Å². The van der Waals surface area contributed by atoms with Gasteiger partial charge in [0.1, 0.15) is 5.78 Å². The Hall–Kier alpha value is -0.530. The summed E-state index contributed by atoms with van der Waals surface area (Å²) in [4.78, 5) is 12.0. The van der Waals surface area contributed by atoms with Crippen LogP contribution in [-0.2, 0) is 4.79 Å². The fourth-order valence-corrected chi connectivity index (χ4v) is 1.61. The summed E-state index contributed by atoms with van der Waals surface area (Å²) in [5, 5.41) is 38.6. The molecule has 102 valence electrons. The smallest absolute Gasteiger partial charge is 0.239 e. The second kappa shape index (κ2) is 5.41. The van der Waals surface area contributed by atoms with Gasteiger partial charge in [-0.15, -0.1) is 0 Å². The van der Waals surface area contributed by atoms with E-state index in [0.717, 1.165) is 14.0 Å². The van der Waals surface area contributed by atoms with Gasteiger partial charge in [0.25, 0.3) is 0 Å². The highest BCUT2D eigenvalue weighted by atomic mass is 16.6. The number of hydrogen-bond donors (Lipinski definition) is 4. The Morgan fingerprint density at radius 2 is 1.65 bits per heavy atom. The van der Waals surface area contributed by atoms with Crippen molar-refractivity contribution in [3.8, 4) is 0 Å². The second-order valence-corrected chi connectivity index (χ2v) is 5.01. The van der Waals surface area contributed by atoms with Crippen molar-refractivity contribution in [2.75, 3.05) is 7.05 Å². The number of aliphatic hydroxyl groups is 4. The van der Waals surface area contributed by atoms with Crippen LogP contribution in [0.5, 0.6) is 0 Å². The lowest BCUT2D eigenvalue weighted by molar-refractivity contribution is -0.382.